The van der Waals surface area contributed by atoms with E-state index in [1.807, 2.05) is 20.8 Å². The summed E-state index contributed by atoms with van der Waals surface area (Å²) in [5, 5.41) is 5.64. The van der Waals surface area contributed by atoms with Gasteiger partial charge in [-0.25, -0.2) is 9.59 Å². The highest BCUT2D eigenvalue weighted by Gasteiger charge is 2.16. The number of hydrogen-bond donors (Lipinski definition) is 2. The second-order valence-corrected chi connectivity index (χ2v) is 8.47. The third-order valence-corrected chi connectivity index (χ3v) is 5.40. The summed E-state index contributed by atoms with van der Waals surface area (Å²) < 4.78 is 10.4. The molecule has 0 radical (unpaired) electrons. The van der Waals surface area contributed by atoms with Gasteiger partial charge in [-0.05, 0) is 20.4 Å². The van der Waals surface area contributed by atoms with Crippen molar-refractivity contribution in [3.8, 4) is 0 Å². The van der Waals surface area contributed by atoms with Gasteiger partial charge in [0.25, 0.3) is 0 Å². The Kier molecular flexibility index (Phi) is 9.81. The molecule has 2 aromatic rings. The topological polar surface area (TPSA) is 106 Å². The Balaban J connectivity index is 1.65. The van der Waals surface area contributed by atoms with Crippen LogP contribution >= 0.6 is 22.7 Å². The van der Waals surface area contributed by atoms with E-state index >= 15 is 0 Å². The lowest BCUT2D eigenvalue weighted by molar-refractivity contribution is 0.130. The summed E-state index contributed by atoms with van der Waals surface area (Å²) in [7, 11) is 0. The average Bonchev–Trinajstić information content (AvgIpc) is 3.37. The monoisotopic (exact) mass is 441 g/mol. The van der Waals surface area contributed by atoms with Crippen LogP contribution in [-0.4, -0.2) is 58.8 Å². The van der Waals surface area contributed by atoms with Crippen molar-refractivity contribution in [2.75, 3.05) is 19.6 Å². The van der Waals surface area contributed by atoms with Crippen molar-refractivity contribution in [1.29, 1.82) is 0 Å². The maximum Gasteiger partial charge on any atom is 0.407 e. The molecule has 9 nitrogen and oxygen atoms in total. The van der Waals surface area contributed by atoms with Crippen LogP contribution in [0.4, 0.5) is 9.59 Å². The van der Waals surface area contributed by atoms with Crippen molar-refractivity contribution < 1.29 is 19.1 Å². The zero-order valence-corrected chi connectivity index (χ0v) is 18.4. The third-order valence-electron chi connectivity index (χ3n) is 3.90. The van der Waals surface area contributed by atoms with E-state index in [0.717, 1.165) is 16.3 Å². The van der Waals surface area contributed by atoms with E-state index in [9.17, 15) is 9.59 Å². The number of hydrogen-bond acceptors (Lipinski definition) is 9. The van der Waals surface area contributed by atoms with Gasteiger partial charge in [-0.3, -0.25) is 14.9 Å². The number of alkyl carbamates (subject to hydrolysis) is 2. The minimum atomic E-state index is -0.459. The predicted octanol–water partition coefficient (Wildman–Crippen LogP) is 2.85. The molecular weight excluding hydrogens is 414 g/mol. The molecule has 0 fully saturated rings. The molecule has 0 spiro atoms. The van der Waals surface area contributed by atoms with Crippen LogP contribution in [0.5, 0.6) is 0 Å². The number of carbonyl (C=O) groups is 2. The molecule has 0 saturated carbocycles. The molecule has 11 heteroatoms. The molecule has 0 aromatic carbocycles. The summed E-state index contributed by atoms with van der Waals surface area (Å²) in [4.78, 5) is 35.6. The van der Waals surface area contributed by atoms with Gasteiger partial charge in [0.2, 0.25) is 0 Å². The zero-order valence-electron chi connectivity index (χ0n) is 16.8. The largest absolute Gasteiger partial charge is 0.444 e. The normalized spacial score (nSPS) is 13.0. The zero-order chi connectivity index (χ0) is 21.1. The lowest BCUT2D eigenvalue weighted by atomic mass is 10.2. The van der Waals surface area contributed by atoms with Crippen LogP contribution < -0.4 is 10.6 Å². The number of nitrogens with one attached hydrogen (secondary N) is 2. The van der Waals surface area contributed by atoms with Crippen molar-refractivity contribution in [2.45, 2.75) is 46.1 Å². The summed E-state index contributed by atoms with van der Waals surface area (Å²) in [5.74, 6) is 0. The molecule has 2 aromatic heterocycles. The standard InChI is InChI=1S/C18H27N5O4S2/c1-4-23(7-13(2)21-17(24)26-9-15-5-19-11-28-15)8-14(3)22-18(25)27-10-16-6-20-12-29-16/h5-6,11-14H,4,7-10H2,1-3H3,(H,21,24)(H,22,25)/t13-,14-/m0/s1. The maximum atomic E-state index is 11.9. The second kappa shape index (κ2) is 12.3. The van der Waals surface area contributed by atoms with Gasteiger partial charge in [0, 0.05) is 37.6 Å². The van der Waals surface area contributed by atoms with E-state index < -0.39 is 12.2 Å². The van der Waals surface area contributed by atoms with Crippen molar-refractivity contribution in [2.24, 2.45) is 0 Å². The average molecular weight is 442 g/mol. The number of thiazole rings is 2. The first-order chi connectivity index (χ1) is 14.0. The second-order valence-electron chi connectivity index (χ2n) is 6.53. The lowest BCUT2D eigenvalue weighted by Gasteiger charge is -2.27. The molecule has 0 saturated heterocycles. The molecule has 0 aliphatic carbocycles. The fourth-order valence-electron chi connectivity index (χ4n) is 2.58. The van der Waals surface area contributed by atoms with Gasteiger partial charge >= 0.3 is 12.2 Å². The van der Waals surface area contributed by atoms with Gasteiger partial charge in [0.1, 0.15) is 13.2 Å². The van der Waals surface area contributed by atoms with Crippen molar-refractivity contribution in [3.63, 3.8) is 0 Å². The Morgan fingerprint density at radius 2 is 1.41 bits per heavy atom. The van der Waals surface area contributed by atoms with Crippen LogP contribution in [0.1, 0.15) is 30.5 Å². The first-order valence-corrected chi connectivity index (χ1v) is 11.1. The Morgan fingerprint density at radius 1 is 0.966 bits per heavy atom. The van der Waals surface area contributed by atoms with E-state index in [1.54, 1.807) is 23.4 Å². The third kappa shape index (κ3) is 9.20. The number of rotatable bonds is 11. The first kappa shape index (κ1) is 23.0. The fourth-order valence-corrected chi connectivity index (χ4v) is 3.60. The summed E-state index contributed by atoms with van der Waals surface area (Å²) in [6, 6.07) is -0.205. The molecule has 0 aliphatic heterocycles. The number of likely N-dealkylation sites (N-methyl/N-ethyl adjacent to an activating group) is 1. The Morgan fingerprint density at radius 3 is 1.76 bits per heavy atom. The maximum absolute atomic E-state index is 11.9. The number of aromatic nitrogens is 2. The van der Waals surface area contributed by atoms with Crippen LogP contribution in [0, 0.1) is 0 Å². The molecule has 2 rings (SSSR count). The van der Waals surface area contributed by atoms with E-state index in [-0.39, 0.29) is 25.3 Å². The van der Waals surface area contributed by atoms with Crippen LogP contribution in [0.2, 0.25) is 0 Å². The molecular formula is C18H27N5O4S2. The van der Waals surface area contributed by atoms with Crippen LogP contribution in [0.15, 0.2) is 23.4 Å². The van der Waals surface area contributed by atoms with Crippen LogP contribution in [0.3, 0.4) is 0 Å². The minimum Gasteiger partial charge on any atom is -0.444 e. The first-order valence-electron chi connectivity index (χ1n) is 9.30. The van der Waals surface area contributed by atoms with E-state index in [2.05, 4.69) is 25.5 Å². The quantitative estimate of drug-likeness (QED) is 0.552. The number of nitrogens with zero attached hydrogens (tertiary/aromatic N) is 3. The molecule has 0 aliphatic rings. The van der Waals surface area contributed by atoms with Gasteiger partial charge in [0.15, 0.2) is 0 Å². The summed E-state index contributed by atoms with van der Waals surface area (Å²) in [6.45, 7) is 8.34. The summed E-state index contributed by atoms with van der Waals surface area (Å²) >= 11 is 2.88. The molecule has 0 unspecified atom stereocenters. The van der Waals surface area contributed by atoms with Gasteiger partial charge < -0.3 is 20.1 Å². The SMILES string of the molecule is CCN(C[C@H](C)NC(=O)OCc1cncs1)C[C@H](C)NC(=O)OCc1cncs1. The van der Waals surface area contributed by atoms with Gasteiger partial charge in [-0.2, -0.15) is 0 Å². The van der Waals surface area contributed by atoms with Crippen molar-refractivity contribution in [1.82, 2.24) is 25.5 Å². The summed E-state index contributed by atoms with van der Waals surface area (Å²) in [6.07, 6.45) is 2.44. The predicted molar refractivity (Wildman–Crippen MR) is 112 cm³/mol. The highest BCUT2D eigenvalue weighted by atomic mass is 32.1. The highest BCUT2D eigenvalue weighted by molar-refractivity contribution is 7.09. The molecule has 0 bridgehead atoms. The van der Waals surface area contributed by atoms with Gasteiger partial charge in [0.05, 0.1) is 20.8 Å². The van der Waals surface area contributed by atoms with Crippen molar-refractivity contribution in [3.05, 3.63) is 33.2 Å². The van der Waals surface area contributed by atoms with Gasteiger partial charge in [-0.1, -0.05) is 6.92 Å². The summed E-state index contributed by atoms with van der Waals surface area (Å²) in [5.41, 5.74) is 3.39. The number of amides is 2. The number of carbonyl (C=O) groups excluding carboxylic acids is 2. The Bertz CT molecular complexity index is 666. The smallest absolute Gasteiger partial charge is 0.407 e. The fraction of sp³-hybridized carbons (Fsp3) is 0.556. The highest BCUT2D eigenvalue weighted by Crippen LogP contribution is 2.08. The molecule has 2 heterocycles. The molecule has 2 amide bonds. The van der Waals surface area contributed by atoms with E-state index in [0.29, 0.717) is 13.1 Å². The number of ether oxygens (including phenoxy) is 2. The lowest BCUT2D eigenvalue weighted by Crippen LogP contribution is -2.47. The van der Waals surface area contributed by atoms with Gasteiger partial charge in [-0.15, -0.1) is 22.7 Å². The Labute approximate surface area is 178 Å². The molecule has 2 atom stereocenters. The van der Waals surface area contributed by atoms with E-state index in [1.165, 1.54) is 22.7 Å². The van der Waals surface area contributed by atoms with Crippen molar-refractivity contribution >= 4 is 34.9 Å². The van der Waals surface area contributed by atoms with E-state index in [4.69, 9.17) is 9.47 Å². The van der Waals surface area contributed by atoms with Crippen LogP contribution in [0.25, 0.3) is 0 Å². The Hall–Kier alpha value is -2.24. The minimum absolute atomic E-state index is 0.102. The molecule has 160 valence electrons. The van der Waals surface area contributed by atoms with Crippen LogP contribution in [-0.2, 0) is 22.7 Å². The molecule has 2 N–H and O–H groups in total. The molecule has 29 heavy (non-hydrogen) atoms.